The lowest BCUT2D eigenvalue weighted by molar-refractivity contribution is 0.518. The summed E-state index contributed by atoms with van der Waals surface area (Å²) in [5, 5.41) is 1.27. The van der Waals surface area contributed by atoms with E-state index in [0.717, 1.165) is 17.6 Å². The number of hydrogen-bond acceptors (Lipinski definition) is 2. The quantitative estimate of drug-likeness (QED) is 0.876. The summed E-state index contributed by atoms with van der Waals surface area (Å²) in [6, 6.07) is 6.54. The van der Waals surface area contributed by atoms with Crippen molar-refractivity contribution in [3.63, 3.8) is 0 Å². The van der Waals surface area contributed by atoms with Gasteiger partial charge in [-0.25, -0.2) is 0 Å². The summed E-state index contributed by atoms with van der Waals surface area (Å²) in [4.78, 5) is 4.65. The molecule has 0 saturated carbocycles. The monoisotopic (exact) mass is 242 g/mol. The third kappa shape index (κ3) is 2.70. The van der Waals surface area contributed by atoms with Gasteiger partial charge in [-0.2, -0.15) is 0 Å². The van der Waals surface area contributed by atoms with Gasteiger partial charge in [-0.3, -0.25) is 4.98 Å². The molecule has 2 N–H and O–H groups in total. The lowest BCUT2D eigenvalue weighted by Gasteiger charge is -2.21. The molecule has 2 rings (SSSR count). The highest BCUT2D eigenvalue weighted by Gasteiger charge is 2.16. The Labute approximate surface area is 109 Å². The zero-order chi connectivity index (χ0) is 13.5. The van der Waals surface area contributed by atoms with Gasteiger partial charge in [-0.15, -0.1) is 0 Å². The van der Waals surface area contributed by atoms with E-state index in [9.17, 15) is 0 Å². The molecular weight excluding hydrogens is 220 g/mol. The summed E-state index contributed by atoms with van der Waals surface area (Å²) in [6.45, 7) is 10.4. The van der Waals surface area contributed by atoms with Gasteiger partial charge in [0.2, 0.25) is 0 Å². The molecule has 1 heterocycles. The highest BCUT2D eigenvalue weighted by atomic mass is 14.7. The number of fused-ring (bicyclic) bond motifs is 1. The van der Waals surface area contributed by atoms with Gasteiger partial charge >= 0.3 is 0 Å². The molecule has 0 aliphatic rings. The van der Waals surface area contributed by atoms with Gasteiger partial charge in [0.1, 0.15) is 0 Å². The van der Waals surface area contributed by atoms with Crippen LogP contribution in [-0.2, 0) is 6.42 Å². The van der Waals surface area contributed by atoms with Crippen LogP contribution in [0.1, 0.15) is 36.2 Å². The highest BCUT2D eigenvalue weighted by Crippen LogP contribution is 2.26. The van der Waals surface area contributed by atoms with Gasteiger partial charge in [0.25, 0.3) is 0 Å². The van der Waals surface area contributed by atoms with Crippen molar-refractivity contribution in [2.75, 3.05) is 0 Å². The molecule has 0 fully saturated rings. The van der Waals surface area contributed by atoms with Gasteiger partial charge in [-0.1, -0.05) is 6.07 Å². The first-order valence-electron chi connectivity index (χ1n) is 6.43. The highest BCUT2D eigenvalue weighted by molar-refractivity contribution is 5.86. The van der Waals surface area contributed by atoms with Gasteiger partial charge < -0.3 is 5.73 Å². The molecule has 0 unspecified atom stereocenters. The lowest BCUT2D eigenvalue weighted by Crippen LogP contribution is -2.34. The van der Waals surface area contributed by atoms with E-state index in [-0.39, 0.29) is 5.54 Å². The van der Waals surface area contributed by atoms with Crippen molar-refractivity contribution in [2.45, 2.75) is 46.6 Å². The fourth-order valence-corrected chi connectivity index (χ4v) is 2.63. The molecule has 2 aromatic rings. The number of benzene rings is 1. The SMILES string of the molecule is Cc1cc(C)c2c(CC(C)(C)N)cc(C)nc2c1. The Morgan fingerprint density at radius 2 is 1.78 bits per heavy atom. The molecule has 0 bridgehead atoms. The van der Waals surface area contributed by atoms with E-state index in [1.807, 2.05) is 6.92 Å². The average Bonchev–Trinajstić information content (AvgIpc) is 2.11. The van der Waals surface area contributed by atoms with Crippen molar-refractivity contribution in [1.82, 2.24) is 4.98 Å². The second kappa shape index (κ2) is 4.36. The number of aromatic nitrogens is 1. The predicted molar refractivity (Wildman–Crippen MR) is 77.9 cm³/mol. The Morgan fingerprint density at radius 1 is 1.11 bits per heavy atom. The summed E-state index contributed by atoms with van der Waals surface area (Å²) in [7, 11) is 0. The number of nitrogens with zero attached hydrogens (tertiary/aromatic N) is 1. The van der Waals surface area contributed by atoms with E-state index >= 15 is 0 Å². The fraction of sp³-hybridized carbons (Fsp3) is 0.438. The largest absolute Gasteiger partial charge is 0.325 e. The predicted octanol–water partition coefficient (Wildman–Crippen LogP) is 3.44. The lowest BCUT2D eigenvalue weighted by atomic mass is 9.91. The summed E-state index contributed by atoms with van der Waals surface area (Å²) < 4.78 is 0. The van der Waals surface area contributed by atoms with Crippen LogP contribution in [0.15, 0.2) is 18.2 Å². The van der Waals surface area contributed by atoms with Crippen molar-refractivity contribution in [1.29, 1.82) is 0 Å². The second-order valence-electron chi connectivity index (χ2n) is 6.06. The van der Waals surface area contributed by atoms with E-state index < -0.39 is 0 Å². The molecule has 0 aliphatic heterocycles. The standard InChI is InChI=1S/C16H22N2/c1-10-6-11(2)15-13(9-16(4,5)17)8-12(3)18-14(15)7-10/h6-8H,9,17H2,1-5H3. The van der Waals surface area contributed by atoms with Gasteiger partial charge in [0.15, 0.2) is 0 Å². The van der Waals surface area contributed by atoms with Crippen molar-refractivity contribution in [3.8, 4) is 0 Å². The van der Waals surface area contributed by atoms with Crippen LogP contribution >= 0.6 is 0 Å². The normalized spacial score (nSPS) is 12.1. The molecule has 1 aromatic carbocycles. The number of nitrogens with two attached hydrogens (primary N) is 1. The number of rotatable bonds is 2. The maximum atomic E-state index is 6.17. The van der Waals surface area contributed by atoms with Crippen LogP contribution in [-0.4, -0.2) is 10.5 Å². The van der Waals surface area contributed by atoms with Gasteiger partial charge in [0.05, 0.1) is 5.52 Å². The third-order valence-electron chi connectivity index (χ3n) is 3.11. The Morgan fingerprint density at radius 3 is 2.39 bits per heavy atom. The molecule has 0 saturated heterocycles. The number of aryl methyl sites for hydroxylation is 3. The fourth-order valence-electron chi connectivity index (χ4n) is 2.63. The molecule has 0 radical (unpaired) electrons. The second-order valence-corrected chi connectivity index (χ2v) is 6.06. The average molecular weight is 242 g/mol. The molecule has 0 spiro atoms. The van der Waals surface area contributed by atoms with Crippen LogP contribution in [0, 0.1) is 20.8 Å². The van der Waals surface area contributed by atoms with Crippen molar-refractivity contribution < 1.29 is 0 Å². The Balaban J connectivity index is 2.72. The van der Waals surface area contributed by atoms with E-state index in [1.165, 1.54) is 22.1 Å². The molecule has 2 nitrogen and oxygen atoms in total. The van der Waals surface area contributed by atoms with Crippen molar-refractivity contribution >= 4 is 10.9 Å². The molecule has 18 heavy (non-hydrogen) atoms. The Hall–Kier alpha value is -1.41. The van der Waals surface area contributed by atoms with Gasteiger partial charge in [0, 0.05) is 16.6 Å². The maximum Gasteiger partial charge on any atom is 0.0713 e. The van der Waals surface area contributed by atoms with Crippen LogP contribution in [0.5, 0.6) is 0 Å². The topological polar surface area (TPSA) is 38.9 Å². The molecule has 0 aliphatic carbocycles. The molecule has 2 heteroatoms. The smallest absolute Gasteiger partial charge is 0.0713 e. The molecular formula is C16H22N2. The third-order valence-corrected chi connectivity index (χ3v) is 3.11. The van der Waals surface area contributed by atoms with Crippen LogP contribution in [0.2, 0.25) is 0 Å². The van der Waals surface area contributed by atoms with Crippen LogP contribution < -0.4 is 5.73 Å². The Kier molecular flexibility index (Phi) is 3.16. The molecule has 96 valence electrons. The van der Waals surface area contributed by atoms with Crippen molar-refractivity contribution in [2.24, 2.45) is 5.73 Å². The van der Waals surface area contributed by atoms with Crippen molar-refractivity contribution in [3.05, 3.63) is 40.6 Å². The minimum atomic E-state index is -0.196. The van der Waals surface area contributed by atoms with Crippen LogP contribution in [0.3, 0.4) is 0 Å². The van der Waals surface area contributed by atoms with E-state index in [0.29, 0.717) is 0 Å². The molecule has 0 amide bonds. The summed E-state index contributed by atoms with van der Waals surface area (Å²) in [5.41, 5.74) is 12.0. The Bertz CT molecular complexity index is 587. The minimum absolute atomic E-state index is 0.196. The van der Waals surface area contributed by atoms with E-state index in [2.05, 4.69) is 50.9 Å². The first-order chi connectivity index (χ1) is 8.26. The van der Waals surface area contributed by atoms with E-state index in [4.69, 9.17) is 5.73 Å². The van der Waals surface area contributed by atoms with E-state index in [1.54, 1.807) is 0 Å². The summed E-state index contributed by atoms with van der Waals surface area (Å²) in [5.74, 6) is 0. The van der Waals surface area contributed by atoms with Crippen LogP contribution in [0.4, 0.5) is 0 Å². The molecule has 0 atom stereocenters. The molecule has 1 aromatic heterocycles. The van der Waals surface area contributed by atoms with Crippen LogP contribution in [0.25, 0.3) is 10.9 Å². The zero-order valence-electron chi connectivity index (χ0n) is 12.0. The summed E-state index contributed by atoms with van der Waals surface area (Å²) in [6.07, 6.45) is 0.872. The maximum absolute atomic E-state index is 6.17. The van der Waals surface area contributed by atoms with Gasteiger partial charge in [-0.05, 0) is 69.9 Å². The number of pyridine rings is 1. The first kappa shape index (κ1) is 13.0. The first-order valence-corrected chi connectivity index (χ1v) is 6.43. The summed E-state index contributed by atoms with van der Waals surface area (Å²) >= 11 is 0. The minimum Gasteiger partial charge on any atom is -0.325 e. The zero-order valence-corrected chi connectivity index (χ0v) is 12.0. The number of hydrogen-bond donors (Lipinski definition) is 1.